The number of halogens is 1. The van der Waals surface area contributed by atoms with Gasteiger partial charge in [0.1, 0.15) is 11.5 Å². The Hall–Kier alpha value is -2.92. The first kappa shape index (κ1) is 15.6. The summed E-state index contributed by atoms with van der Waals surface area (Å²) < 4.78 is 13.3. The highest BCUT2D eigenvalue weighted by molar-refractivity contribution is 7.13. The van der Waals surface area contributed by atoms with Crippen LogP contribution in [0.5, 0.6) is 0 Å². The Morgan fingerprint density at radius 2 is 1.76 bits per heavy atom. The minimum Gasteiger partial charge on any atom is -0.296 e. The zero-order valence-electron chi connectivity index (χ0n) is 13.5. The van der Waals surface area contributed by atoms with Gasteiger partial charge in [-0.3, -0.25) is 4.99 Å². The lowest BCUT2D eigenvalue weighted by atomic mass is 10.1. The second-order valence-corrected chi connectivity index (χ2v) is 6.49. The van der Waals surface area contributed by atoms with Gasteiger partial charge in [-0.05, 0) is 53.4 Å². The van der Waals surface area contributed by atoms with E-state index in [2.05, 4.69) is 4.99 Å². The van der Waals surface area contributed by atoms with Crippen molar-refractivity contribution in [2.75, 3.05) is 7.05 Å². The average molecular weight is 347 g/mol. The third-order valence-corrected chi connectivity index (χ3v) is 4.72. The summed E-state index contributed by atoms with van der Waals surface area (Å²) >= 11 is 1.61. The molecular formula is C20H14FN3S. The van der Waals surface area contributed by atoms with Crippen molar-refractivity contribution in [1.82, 2.24) is 9.97 Å². The van der Waals surface area contributed by atoms with Gasteiger partial charge in [0.25, 0.3) is 0 Å². The quantitative estimate of drug-likeness (QED) is 0.477. The van der Waals surface area contributed by atoms with Crippen LogP contribution in [0.4, 0.5) is 4.39 Å². The second-order valence-electron chi connectivity index (χ2n) is 5.54. The molecule has 0 saturated heterocycles. The molecule has 0 spiro atoms. The molecule has 0 bridgehead atoms. The van der Waals surface area contributed by atoms with E-state index in [0.29, 0.717) is 0 Å². The number of rotatable bonds is 3. The third kappa shape index (κ3) is 3.06. The lowest BCUT2D eigenvalue weighted by molar-refractivity contribution is 0.628. The molecule has 3 nitrogen and oxygen atoms in total. The molecule has 0 saturated carbocycles. The highest BCUT2D eigenvalue weighted by Crippen LogP contribution is 2.33. The van der Waals surface area contributed by atoms with E-state index in [1.165, 1.54) is 12.1 Å². The average Bonchev–Trinajstić information content (AvgIpc) is 3.16. The maximum absolute atomic E-state index is 13.3. The van der Waals surface area contributed by atoms with Crippen LogP contribution in [0, 0.1) is 5.82 Å². The van der Waals surface area contributed by atoms with Crippen molar-refractivity contribution in [2.24, 2.45) is 4.99 Å². The highest BCUT2D eigenvalue weighted by Gasteiger charge is 2.14. The molecule has 0 unspecified atom stereocenters. The molecule has 0 amide bonds. The number of fused-ring (bicyclic) bond motifs is 1. The van der Waals surface area contributed by atoms with Crippen molar-refractivity contribution in [3.63, 3.8) is 0 Å². The number of thiophene rings is 1. The van der Waals surface area contributed by atoms with Crippen molar-refractivity contribution in [3.8, 4) is 21.8 Å². The molecule has 0 radical (unpaired) electrons. The Bertz CT molecular complexity index is 1050. The van der Waals surface area contributed by atoms with E-state index in [4.69, 9.17) is 9.97 Å². The van der Waals surface area contributed by atoms with Crippen LogP contribution in [-0.4, -0.2) is 23.2 Å². The van der Waals surface area contributed by atoms with Crippen LogP contribution in [0.2, 0.25) is 0 Å². The summed E-state index contributed by atoms with van der Waals surface area (Å²) in [5, 5.41) is 2.01. The molecule has 4 aromatic rings. The first-order valence-electron chi connectivity index (χ1n) is 7.78. The molecule has 4 rings (SSSR count). The molecule has 0 fully saturated rings. The van der Waals surface area contributed by atoms with Crippen LogP contribution in [0.25, 0.3) is 32.9 Å². The van der Waals surface area contributed by atoms with Crippen LogP contribution in [-0.2, 0) is 0 Å². The van der Waals surface area contributed by atoms with Gasteiger partial charge in [-0.2, -0.15) is 0 Å². The molecule has 0 aliphatic carbocycles. The fourth-order valence-corrected chi connectivity index (χ4v) is 3.41. The van der Waals surface area contributed by atoms with Crippen LogP contribution < -0.4 is 0 Å². The van der Waals surface area contributed by atoms with Gasteiger partial charge < -0.3 is 0 Å². The highest BCUT2D eigenvalue weighted by atomic mass is 32.1. The zero-order valence-corrected chi connectivity index (χ0v) is 14.3. The lowest BCUT2D eigenvalue weighted by Gasteiger charge is -2.09. The predicted molar refractivity (Wildman–Crippen MR) is 102 cm³/mol. The Kier molecular flexibility index (Phi) is 4.07. The van der Waals surface area contributed by atoms with Crippen LogP contribution in [0.1, 0.15) is 5.56 Å². The van der Waals surface area contributed by atoms with Crippen molar-refractivity contribution in [2.45, 2.75) is 0 Å². The maximum Gasteiger partial charge on any atom is 0.123 e. The first-order chi connectivity index (χ1) is 12.2. The molecule has 0 atom stereocenters. The van der Waals surface area contributed by atoms with Gasteiger partial charge in [0.15, 0.2) is 0 Å². The van der Waals surface area contributed by atoms with Gasteiger partial charge in [-0.25, -0.2) is 14.4 Å². The Morgan fingerprint density at radius 3 is 2.48 bits per heavy atom. The zero-order chi connectivity index (χ0) is 17.2. The molecule has 5 heteroatoms. The molecule has 0 aliphatic rings. The number of hydrogen-bond acceptors (Lipinski definition) is 4. The summed E-state index contributed by atoms with van der Waals surface area (Å²) in [6.07, 6.45) is 1.78. The minimum atomic E-state index is -0.267. The van der Waals surface area contributed by atoms with Crippen molar-refractivity contribution in [1.29, 1.82) is 0 Å². The Labute approximate surface area is 148 Å². The minimum absolute atomic E-state index is 0.267. The summed E-state index contributed by atoms with van der Waals surface area (Å²) in [5.74, 6) is -0.267. The summed E-state index contributed by atoms with van der Waals surface area (Å²) in [7, 11) is 1.74. The van der Waals surface area contributed by atoms with E-state index >= 15 is 0 Å². The molecule has 0 aliphatic heterocycles. The van der Waals surface area contributed by atoms with E-state index in [0.717, 1.165) is 38.4 Å². The number of benzene rings is 2. The van der Waals surface area contributed by atoms with Gasteiger partial charge in [0.05, 0.1) is 21.6 Å². The number of aliphatic imine (C=N–C) groups is 1. The molecule has 25 heavy (non-hydrogen) atoms. The van der Waals surface area contributed by atoms with E-state index < -0.39 is 0 Å². The van der Waals surface area contributed by atoms with Crippen molar-refractivity contribution >= 4 is 28.6 Å². The van der Waals surface area contributed by atoms with E-state index in [9.17, 15) is 4.39 Å². The SMILES string of the molecule is CN=Cc1ccc2nc(-c3cccs3)c(-c3ccc(F)cc3)nc2c1. The molecular weight excluding hydrogens is 333 g/mol. The standard InChI is InChI=1S/C20H14FN3S/c1-22-12-13-4-9-16-17(11-13)24-19(14-5-7-15(21)8-6-14)20(23-16)18-3-2-10-25-18/h2-12H,1H3. The van der Waals surface area contributed by atoms with Crippen LogP contribution in [0.15, 0.2) is 65.0 Å². The van der Waals surface area contributed by atoms with Gasteiger partial charge in [0.2, 0.25) is 0 Å². The molecule has 122 valence electrons. The van der Waals surface area contributed by atoms with Gasteiger partial charge in [-0.1, -0.05) is 12.1 Å². The third-order valence-electron chi connectivity index (χ3n) is 3.84. The van der Waals surface area contributed by atoms with Gasteiger partial charge in [-0.15, -0.1) is 11.3 Å². The first-order valence-corrected chi connectivity index (χ1v) is 8.66. The monoisotopic (exact) mass is 347 g/mol. The van der Waals surface area contributed by atoms with Crippen molar-refractivity contribution in [3.05, 3.63) is 71.4 Å². The topological polar surface area (TPSA) is 38.1 Å². The summed E-state index contributed by atoms with van der Waals surface area (Å²) in [6, 6.07) is 16.2. The predicted octanol–water partition coefficient (Wildman–Crippen LogP) is 5.21. The fourth-order valence-electron chi connectivity index (χ4n) is 2.69. The molecule has 2 aromatic heterocycles. The van der Waals surface area contributed by atoms with Crippen LogP contribution in [0.3, 0.4) is 0 Å². The fraction of sp³-hybridized carbons (Fsp3) is 0.0500. The molecule has 2 aromatic carbocycles. The van der Waals surface area contributed by atoms with E-state index in [1.54, 1.807) is 36.7 Å². The normalized spacial score (nSPS) is 11.4. The molecule has 2 heterocycles. The summed E-state index contributed by atoms with van der Waals surface area (Å²) in [6.45, 7) is 0. The largest absolute Gasteiger partial charge is 0.296 e. The van der Waals surface area contributed by atoms with Gasteiger partial charge in [0, 0.05) is 18.8 Å². The van der Waals surface area contributed by atoms with Crippen LogP contribution >= 0.6 is 11.3 Å². The maximum atomic E-state index is 13.3. The van der Waals surface area contributed by atoms with E-state index in [1.807, 2.05) is 35.7 Å². The Balaban J connectivity index is 1.98. The number of hydrogen-bond donors (Lipinski definition) is 0. The smallest absolute Gasteiger partial charge is 0.123 e. The van der Waals surface area contributed by atoms with E-state index in [-0.39, 0.29) is 5.82 Å². The number of nitrogens with zero attached hydrogens (tertiary/aromatic N) is 3. The number of aromatic nitrogens is 2. The Morgan fingerprint density at radius 1 is 0.960 bits per heavy atom. The van der Waals surface area contributed by atoms with Crippen molar-refractivity contribution < 1.29 is 4.39 Å². The summed E-state index contributed by atoms with van der Waals surface area (Å²) in [4.78, 5) is 14.7. The lowest BCUT2D eigenvalue weighted by Crippen LogP contribution is -1.95. The second kappa shape index (κ2) is 6.53. The van der Waals surface area contributed by atoms with Gasteiger partial charge >= 0.3 is 0 Å². The molecule has 0 N–H and O–H groups in total. The summed E-state index contributed by atoms with van der Waals surface area (Å²) in [5.41, 5.74) is 4.98.